The molecule has 3 N–H and O–H groups in total. The number of aryl methyl sites for hydroxylation is 1. The van der Waals surface area contributed by atoms with E-state index in [0.29, 0.717) is 30.4 Å². The molecule has 1 saturated heterocycles. The Balaban J connectivity index is 1.38. The van der Waals surface area contributed by atoms with Crippen molar-refractivity contribution in [3.63, 3.8) is 0 Å². The molecule has 0 amide bonds. The van der Waals surface area contributed by atoms with Gasteiger partial charge < -0.3 is 25.3 Å². The van der Waals surface area contributed by atoms with E-state index < -0.39 is 0 Å². The number of hydrogen-bond donors (Lipinski definition) is 2. The molecule has 3 aromatic rings. The number of aromatic nitrogens is 4. The lowest BCUT2D eigenvalue weighted by Crippen LogP contribution is -2.52. The van der Waals surface area contributed by atoms with E-state index in [1.54, 1.807) is 4.57 Å². The zero-order valence-corrected chi connectivity index (χ0v) is 19.7. The standard InChI is InChI=1S/C24H35N7O2/c1-3-4-15-33-23-27-21(25)20-22(28-23)31(24(32)26-20)12-8-11-30-14-13-29(2)19(17-30)16-18-9-6-5-7-10-18/h5-7,9-10,19H,3-4,8,11-17H2,1-2H3,(H,26,32)(H2,25,27,28). The SMILES string of the molecule is CCCCOc1nc(N)c2[nH]c(=O)n(CCCN3CCN(C)C(Cc4ccccc4)C3)c2n1. The first-order valence-electron chi connectivity index (χ1n) is 11.9. The summed E-state index contributed by atoms with van der Waals surface area (Å²) in [5.41, 5.74) is 8.20. The molecule has 178 valence electrons. The van der Waals surface area contributed by atoms with Gasteiger partial charge >= 0.3 is 11.7 Å². The van der Waals surface area contributed by atoms with E-state index in [4.69, 9.17) is 10.5 Å². The van der Waals surface area contributed by atoms with E-state index >= 15 is 0 Å². The number of nitrogen functional groups attached to an aromatic ring is 1. The Morgan fingerprint density at radius 3 is 2.76 bits per heavy atom. The summed E-state index contributed by atoms with van der Waals surface area (Å²) in [6.07, 6.45) is 3.83. The van der Waals surface area contributed by atoms with E-state index in [1.165, 1.54) is 5.56 Å². The second kappa shape index (κ2) is 10.8. The summed E-state index contributed by atoms with van der Waals surface area (Å²) in [7, 11) is 2.21. The van der Waals surface area contributed by atoms with Crippen LogP contribution in [-0.2, 0) is 13.0 Å². The Morgan fingerprint density at radius 2 is 1.97 bits per heavy atom. The van der Waals surface area contributed by atoms with Gasteiger partial charge in [0.1, 0.15) is 5.52 Å². The van der Waals surface area contributed by atoms with E-state index in [-0.39, 0.29) is 17.5 Å². The van der Waals surface area contributed by atoms with Gasteiger partial charge in [0.25, 0.3) is 0 Å². The molecule has 1 aliphatic rings. The molecule has 9 heteroatoms. The van der Waals surface area contributed by atoms with Crippen LogP contribution in [0.25, 0.3) is 11.2 Å². The molecule has 0 saturated carbocycles. The van der Waals surface area contributed by atoms with Gasteiger partial charge in [0.15, 0.2) is 11.5 Å². The average molecular weight is 454 g/mol. The van der Waals surface area contributed by atoms with Gasteiger partial charge in [-0.1, -0.05) is 43.7 Å². The number of H-pyrrole nitrogens is 1. The lowest BCUT2D eigenvalue weighted by atomic mass is 10.0. The number of likely N-dealkylation sites (N-methyl/N-ethyl adjacent to an activating group) is 1. The van der Waals surface area contributed by atoms with Gasteiger partial charge in [-0.25, -0.2) is 4.79 Å². The minimum absolute atomic E-state index is 0.211. The van der Waals surface area contributed by atoms with Gasteiger partial charge in [-0.2, -0.15) is 9.97 Å². The summed E-state index contributed by atoms with van der Waals surface area (Å²) in [4.78, 5) is 29.0. The number of rotatable bonds is 10. The molecule has 1 unspecified atom stereocenters. The maximum atomic E-state index is 12.6. The smallest absolute Gasteiger partial charge is 0.327 e. The molecular weight excluding hydrogens is 418 g/mol. The van der Waals surface area contributed by atoms with Crippen LogP contribution in [0.3, 0.4) is 0 Å². The molecular formula is C24H35N7O2. The molecule has 2 aromatic heterocycles. The molecule has 1 aromatic carbocycles. The maximum Gasteiger partial charge on any atom is 0.327 e. The zero-order chi connectivity index (χ0) is 23.2. The van der Waals surface area contributed by atoms with Crippen LogP contribution in [0.2, 0.25) is 0 Å². The van der Waals surface area contributed by atoms with Crippen molar-refractivity contribution in [2.24, 2.45) is 0 Å². The zero-order valence-electron chi connectivity index (χ0n) is 19.7. The molecule has 33 heavy (non-hydrogen) atoms. The number of piperazine rings is 1. The van der Waals surface area contributed by atoms with Crippen molar-refractivity contribution in [2.75, 3.05) is 45.6 Å². The van der Waals surface area contributed by atoms with Crippen molar-refractivity contribution >= 4 is 17.0 Å². The van der Waals surface area contributed by atoms with Gasteiger partial charge in [-0.05, 0) is 38.4 Å². The van der Waals surface area contributed by atoms with Crippen molar-refractivity contribution in [1.29, 1.82) is 0 Å². The summed E-state index contributed by atoms with van der Waals surface area (Å²) in [5.74, 6) is 0.241. The number of aromatic amines is 1. The van der Waals surface area contributed by atoms with Gasteiger partial charge in [0.05, 0.1) is 6.61 Å². The first-order chi connectivity index (χ1) is 16.0. The second-order valence-electron chi connectivity index (χ2n) is 8.85. The van der Waals surface area contributed by atoms with Crippen molar-refractivity contribution < 1.29 is 4.74 Å². The Bertz CT molecular complexity index is 1100. The van der Waals surface area contributed by atoms with Gasteiger partial charge in [0.2, 0.25) is 0 Å². The fourth-order valence-corrected chi connectivity index (χ4v) is 4.38. The number of benzene rings is 1. The van der Waals surface area contributed by atoms with Crippen molar-refractivity contribution in [3.05, 3.63) is 46.4 Å². The molecule has 9 nitrogen and oxygen atoms in total. The number of imidazole rings is 1. The Morgan fingerprint density at radius 1 is 1.15 bits per heavy atom. The molecule has 1 fully saturated rings. The largest absolute Gasteiger partial charge is 0.463 e. The van der Waals surface area contributed by atoms with Crippen LogP contribution < -0.4 is 16.2 Å². The first-order valence-corrected chi connectivity index (χ1v) is 11.9. The number of nitrogens with zero attached hydrogens (tertiary/aromatic N) is 5. The van der Waals surface area contributed by atoms with Crippen LogP contribution in [-0.4, -0.2) is 75.2 Å². The number of nitrogens with two attached hydrogens (primary N) is 1. The second-order valence-corrected chi connectivity index (χ2v) is 8.85. The van der Waals surface area contributed by atoms with Gasteiger partial charge in [-0.3, -0.25) is 4.57 Å². The Kier molecular flexibility index (Phi) is 7.61. The van der Waals surface area contributed by atoms with E-state index in [0.717, 1.165) is 51.9 Å². The minimum Gasteiger partial charge on any atom is -0.463 e. The number of fused-ring (bicyclic) bond motifs is 1. The van der Waals surface area contributed by atoms with Crippen LogP contribution >= 0.6 is 0 Å². The molecule has 0 radical (unpaired) electrons. The third-order valence-corrected chi connectivity index (χ3v) is 6.39. The topological polar surface area (TPSA) is 105 Å². The molecule has 0 bridgehead atoms. The Labute approximate surface area is 194 Å². The number of hydrogen-bond acceptors (Lipinski definition) is 7. The van der Waals surface area contributed by atoms with Gasteiger partial charge in [-0.15, -0.1) is 0 Å². The molecule has 0 aliphatic carbocycles. The fraction of sp³-hybridized carbons (Fsp3) is 0.542. The maximum absolute atomic E-state index is 12.6. The number of anilines is 1. The molecule has 1 aliphatic heterocycles. The Hall–Kier alpha value is -2.91. The number of nitrogens with one attached hydrogen (secondary N) is 1. The highest BCUT2D eigenvalue weighted by Gasteiger charge is 2.24. The molecule has 1 atom stereocenters. The van der Waals surface area contributed by atoms with Crippen molar-refractivity contribution in [1.82, 2.24) is 29.3 Å². The van der Waals surface area contributed by atoms with Crippen LogP contribution in [0.15, 0.2) is 35.1 Å². The van der Waals surface area contributed by atoms with E-state index in [9.17, 15) is 4.79 Å². The van der Waals surface area contributed by atoms with Crippen LogP contribution in [0.1, 0.15) is 31.7 Å². The summed E-state index contributed by atoms with van der Waals surface area (Å²) in [6.45, 7) is 7.23. The average Bonchev–Trinajstić information content (AvgIpc) is 3.13. The van der Waals surface area contributed by atoms with Crippen molar-refractivity contribution in [2.45, 2.75) is 45.2 Å². The first kappa shape index (κ1) is 23.3. The third kappa shape index (κ3) is 5.72. The summed E-state index contributed by atoms with van der Waals surface area (Å²) in [5, 5.41) is 0. The fourth-order valence-electron chi connectivity index (χ4n) is 4.38. The number of unbranched alkanes of at least 4 members (excludes halogenated alkanes) is 1. The summed E-state index contributed by atoms with van der Waals surface area (Å²) in [6, 6.07) is 11.4. The summed E-state index contributed by atoms with van der Waals surface area (Å²) >= 11 is 0. The lowest BCUT2D eigenvalue weighted by Gasteiger charge is -2.39. The highest BCUT2D eigenvalue weighted by atomic mass is 16.5. The highest BCUT2D eigenvalue weighted by molar-refractivity contribution is 5.81. The monoisotopic (exact) mass is 453 g/mol. The summed E-state index contributed by atoms with van der Waals surface area (Å²) < 4.78 is 7.28. The number of ether oxygens (including phenoxy) is 1. The molecule has 0 spiro atoms. The minimum atomic E-state index is -0.211. The molecule has 3 heterocycles. The van der Waals surface area contributed by atoms with E-state index in [2.05, 4.69) is 69.1 Å². The molecule has 4 rings (SSSR count). The van der Waals surface area contributed by atoms with Crippen molar-refractivity contribution in [3.8, 4) is 6.01 Å². The predicted molar refractivity (Wildman–Crippen MR) is 131 cm³/mol. The van der Waals surface area contributed by atoms with Crippen LogP contribution in [0.4, 0.5) is 5.82 Å². The third-order valence-electron chi connectivity index (χ3n) is 6.39. The predicted octanol–water partition coefficient (Wildman–Crippen LogP) is 2.13. The quantitative estimate of drug-likeness (QED) is 0.453. The van der Waals surface area contributed by atoms with Gasteiger partial charge in [0, 0.05) is 32.2 Å². The van der Waals surface area contributed by atoms with E-state index in [1.807, 2.05) is 0 Å². The van der Waals surface area contributed by atoms with Crippen LogP contribution in [0, 0.1) is 0 Å². The van der Waals surface area contributed by atoms with Crippen LogP contribution in [0.5, 0.6) is 6.01 Å². The highest BCUT2D eigenvalue weighted by Crippen LogP contribution is 2.19. The normalized spacial score (nSPS) is 17.6. The lowest BCUT2D eigenvalue weighted by molar-refractivity contribution is 0.0937.